The highest BCUT2D eigenvalue weighted by Gasteiger charge is 2.36. The Morgan fingerprint density at radius 1 is 1.02 bits per heavy atom. The van der Waals surface area contributed by atoms with Gasteiger partial charge < -0.3 is 19.1 Å². The zero-order valence-corrected chi connectivity index (χ0v) is 26.5. The molecule has 0 fully saturated rings. The first-order valence-electron chi connectivity index (χ1n) is 14.4. The molecule has 0 saturated carbocycles. The molecule has 0 aliphatic carbocycles. The second kappa shape index (κ2) is 12.5. The number of ether oxygens (including phenoxy) is 3. The molecule has 224 valence electrons. The molecule has 2 heterocycles. The first-order chi connectivity index (χ1) is 20.7. The third-order valence-electron chi connectivity index (χ3n) is 7.57. The predicted molar refractivity (Wildman–Crippen MR) is 171 cm³/mol. The van der Waals surface area contributed by atoms with E-state index in [1.165, 1.54) is 11.3 Å². The molecule has 0 spiro atoms. The molecule has 43 heavy (non-hydrogen) atoms. The summed E-state index contributed by atoms with van der Waals surface area (Å²) >= 11 is 1.30. The number of benzene rings is 3. The Balaban J connectivity index is 1.78. The van der Waals surface area contributed by atoms with Crippen molar-refractivity contribution in [1.82, 2.24) is 9.47 Å². The van der Waals surface area contributed by atoms with Crippen LogP contribution < -0.4 is 29.1 Å². The van der Waals surface area contributed by atoms with Crippen molar-refractivity contribution in [3.05, 3.63) is 96.7 Å². The molecule has 0 unspecified atom stereocenters. The molecule has 0 bridgehead atoms. The van der Waals surface area contributed by atoms with E-state index in [-0.39, 0.29) is 17.6 Å². The van der Waals surface area contributed by atoms with E-state index >= 15 is 0 Å². The van der Waals surface area contributed by atoms with Crippen molar-refractivity contribution in [2.75, 3.05) is 27.3 Å². The molecule has 4 aromatic rings. The molecule has 8 nitrogen and oxygen atoms in total. The summed E-state index contributed by atoms with van der Waals surface area (Å²) in [6.07, 6.45) is 1.82. The van der Waals surface area contributed by atoms with Crippen LogP contribution >= 0.6 is 11.3 Å². The number of hydrogen-bond acceptors (Lipinski definition) is 7. The molecule has 3 aromatic carbocycles. The lowest BCUT2D eigenvalue weighted by Crippen LogP contribution is -2.43. The first-order valence-corrected chi connectivity index (χ1v) is 15.3. The highest BCUT2D eigenvalue weighted by molar-refractivity contribution is 7.07. The second-order valence-corrected chi connectivity index (χ2v) is 11.5. The van der Waals surface area contributed by atoms with E-state index in [4.69, 9.17) is 19.2 Å². The number of rotatable bonds is 9. The fraction of sp³-hybridized carbons (Fsp3) is 0.324. The van der Waals surface area contributed by atoms with Gasteiger partial charge in [0.25, 0.3) is 11.5 Å². The van der Waals surface area contributed by atoms with E-state index < -0.39 is 6.04 Å². The Morgan fingerprint density at radius 3 is 2.40 bits per heavy atom. The number of amides is 1. The largest absolute Gasteiger partial charge is 0.496 e. The van der Waals surface area contributed by atoms with E-state index in [2.05, 4.69) is 0 Å². The molecule has 1 amide bonds. The molecule has 0 N–H and O–H groups in total. The maximum Gasteiger partial charge on any atom is 0.271 e. The highest BCUT2D eigenvalue weighted by atomic mass is 32.1. The SMILES string of the molecule is CCN(CC)C(=O)C1=C(C)N=c2s/c(=C/c3ccc(OC(C)C)c(OC)c3)c(=O)n2[C@H]1c1c(OC)ccc2ccccc12. The Kier molecular flexibility index (Phi) is 8.73. The average molecular weight is 600 g/mol. The Hall–Kier alpha value is -4.37. The molecule has 0 radical (unpaired) electrons. The normalized spacial score (nSPS) is 15.0. The van der Waals surface area contributed by atoms with Crippen LogP contribution in [0.3, 0.4) is 0 Å². The van der Waals surface area contributed by atoms with Crippen molar-refractivity contribution in [2.45, 2.75) is 46.8 Å². The van der Waals surface area contributed by atoms with E-state index in [1.807, 2.05) is 95.3 Å². The van der Waals surface area contributed by atoms with Crippen molar-refractivity contribution in [2.24, 2.45) is 4.99 Å². The molecule has 0 saturated heterocycles. The predicted octanol–water partition coefficient (Wildman–Crippen LogP) is 5.06. The summed E-state index contributed by atoms with van der Waals surface area (Å²) in [6.45, 7) is 10.7. The van der Waals surface area contributed by atoms with Crippen LogP contribution in [0.4, 0.5) is 0 Å². The number of fused-ring (bicyclic) bond motifs is 2. The number of carbonyl (C=O) groups is 1. The van der Waals surface area contributed by atoms with Gasteiger partial charge in [-0.05, 0) is 75.2 Å². The van der Waals surface area contributed by atoms with Crippen LogP contribution in [0, 0.1) is 0 Å². The van der Waals surface area contributed by atoms with Gasteiger partial charge in [-0.15, -0.1) is 0 Å². The van der Waals surface area contributed by atoms with Gasteiger partial charge in [-0.2, -0.15) is 0 Å². The van der Waals surface area contributed by atoms with E-state index in [0.29, 0.717) is 50.9 Å². The third-order valence-corrected chi connectivity index (χ3v) is 8.56. The number of allylic oxidation sites excluding steroid dienone is 1. The van der Waals surface area contributed by atoms with Gasteiger partial charge in [0.1, 0.15) is 11.8 Å². The van der Waals surface area contributed by atoms with Crippen LogP contribution in [-0.2, 0) is 4.79 Å². The van der Waals surface area contributed by atoms with Crippen LogP contribution in [0.1, 0.15) is 51.8 Å². The van der Waals surface area contributed by atoms with Gasteiger partial charge in [-0.25, -0.2) is 4.99 Å². The molecule has 1 aliphatic heterocycles. The van der Waals surface area contributed by atoms with Crippen LogP contribution in [0.5, 0.6) is 17.2 Å². The molecule has 1 aromatic heterocycles. The van der Waals surface area contributed by atoms with Crippen molar-refractivity contribution in [1.29, 1.82) is 0 Å². The summed E-state index contributed by atoms with van der Waals surface area (Å²) in [4.78, 5) is 35.5. The van der Waals surface area contributed by atoms with Gasteiger partial charge in [-0.1, -0.05) is 47.7 Å². The van der Waals surface area contributed by atoms with E-state index in [9.17, 15) is 9.59 Å². The van der Waals surface area contributed by atoms with Crippen molar-refractivity contribution in [3.8, 4) is 17.2 Å². The number of thiazole rings is 1. The van der Waals surface area contributed by atoms with Gasteiger partial charge in [0.2, 0.25) is 0 Å². The fourth-order valence-corrected chi connectivity index (χ4v) is 6.61. The summed E-state index contributed by atoms with van der Waals surface area (Å²) in [7, 11) is 3.20. The number of aromatic nitrogens is 1. The molecular weight excluding hydrogens is 562 g/mol. The van der Waals surface area contributed by atoms with Gasteiger partial charge in [0, 0.05) is 18.7 Å². The minimum atomic E-state index is -0.732. The lowest BCUT2D eigenvalue weighted by Gasteiger charge is -2.30. The molecule has 5 rings (SSSR count). The van der Waals surface area contributed by atoms with Gasteiger partial charge in [0.15, 0.2) is 16.3 Å². The number of likely N-dealkylation sites (N-methyl/N-ethyl adjacent to an activating group) is 1. The highest BCUT2D eigenvalue weighted by Crippen LogP contribution is 2.40. The number of methoxy groups -OCH3 is 2. The van der Waals surface area contributed by atoms with Gasteiger partial charge in [-0.3, -0.25) is 14.2 Å². The van der Waals surface area contributed by atoms with Crippen molar-refractivity contribution < 1.29 is 19.0 Å². The maximum absolute atomic E-state index is 14.3. The van der Waals surface area contributed by atoms with E-state index in [1.54, 1.807) is 23.7 Å². The monoisotopic (exact) mass is 599 g/mol. The quantitative estimate of drug-likeness (QED) is 0.269. The van der Waals surface area contributed by atoms with Crippen molar-refractivity contribution in [3.63, 3.8) is 0 Å². The average Bonchev–Trinajstić information content (AvgIpc) is 3.30. The summed E-state index contributed by atoms with van der Waals surface area (Å²) in [5.74, 6) is 1.67. The zero-order valence-electron chi connectivity index (χ0n) is 25.6. The van der Waals surface area contributed by atoms with Crippen LogP contribution in [0.15, 0.2) is 75.7 Å². The maximum atomic E-state index is 14.3. The lowest BCUT2D eigenvalue weighted by atomic mass is 9.90. The minimum absolute atomic E-state index is 0.00835. The molecule has 1 atom stereocenters. The topological polar surface area (TPSA) is 82.4 Å². The molecule has 9 heteroatoms. The lowest BCUT2D eigenvalue weighted by molar-refractivity contribution is -0.127. The summed E-state index contributed by atoms with van der Waals surface area (Å²) in [6, 6.07) is 16.7. The van der Waals surface area contributed by atoms with Crippen molar-refractivity contribution >= 4 is 34.1 Å². The smallest absolute Gasteiger partial charge is 0.271 e. The zero-order chi connectivity index (χ0) is 30.8. The Morgan fingerprint density at radius 2 is 1.72 bits per heavy atom. The third kappa shape index (κ3) is 5.57. The standard InChI is InChI=1S/C34H37N3O5S/c1-8-36(9-2)33(39)29-21(5)35-34-37(31(29)30-24-13-11-10-12-23(24)15-17-26(30)40-6)32(38)28(43-34)19-22-14-16-25(42-20(3)4)27(18-22)41-7/h10-20,31H,8-9H2,1-7H3/b28-19+/t31-/m1/s1. The molecular formula is C34H37N3O5S. The Labute approximate surface area is 255 Å². The minimum Gasteiger partial charge on any atom is -0.496 e. The summed E-state index contributed by atoms with van der Waals surface area (Å²) < 4.78 is 19.5. The number of hydrogen-bond donors (Lipinski definition) is 0. The first kappa shape index (κ1) is 30.1. The number of carbonyl (C=O) groups excluding carboxylic acids is 1. The van der Waals surface area contributed by atoms with Gasteiger partial charge >= 0.3 is 0 Å². The number of nitrogens with zero attached hydrogens (tertiary/aromatic N) is 3. The summed E-state index contributed by atoms with van der Waals surface area (Å²) in [5.41, 5.74) is 2.36. The van der Waals surface area contributed by atoms with Crippen LogP contribution in [0.25, 0.3) is 16.8 Å². The fourth-order valence-electron chi connectivity index (χ4n) is 5.56. The Bertz CT molecular complexity index is 1900. The molecule has 1 aliphatic rings. The van der Waals surface area contributed by atoms with Gasteiger partial charge in [0.05, 0.1) is 36.1 Å². The van der Waals surface area contributed by atoms with E-state index in [0.717, 1.165) is 21.9 Å². The summed E-state index contributed by atoms with van der Waals surface area (Å²) in [5, 5.41) is 1.90. The van der Waals surface area contributed by atoms with Crippen LogP contribution in [0.2, 0.25) is 0 Å². The van der Waals surface area contributed by atoms with Crippen LogP contribution in [-0.4, -0.2) is 48.8 Å². The second-order valence-electron chi connectivity index (χ2n) is 10.5.